The molecule has 0 radical (unpaired) electrons. The molecule has 2 rings (SSSR count). The summed E-state index contributed by atoms with van der Waals surface area (Å²) in [5, 5.41) is 13.9. The highest BCUT2D eigenvalue weighted by Gasteiger charge is 2.14. The van der Waals surface area contributed by atoms with Crippen LogP contribution in [0.5, 0.6) is 5.75 Å². The van der Waals surface area contributed by atoms with Gasteiger partial charge in [-0.3, -0.25) is 0 Å². The number of aromatic hydroxyl groups is 1. The molecule has 1 aromatic carbocycles. The van der Waals surface area contributed by atoms with Crippen LogP contribution in [0.1, 0.15) is 30.5 Å². The third-order valence-corrected chi connectivity index (χ3v) is 4.22. The zero-order valence-corrected chi connectivity index (χ0v) is 11.7. The molecule has 2 aromatic rings. The van der Waals surface area contributed by atoms with E-state index in [1.165, 1.54) is 4.88 Å². The molecule has 0 bridgehead atoms. The first-order chi connectivity index (χ1) is 8.61. The van der Waals surface area contributed by atoms with Gasteiger partial charge in [0.25, 0.3) is 0 Å². The number of rotatable bonds is 4. The van der Waals surface area contributed by atoms with Crippen molar-refractivity contribution in [2.75, 3.05) is 6.54 Å². The first-order valence-electron chi connectivity index (χ1n) is 6.12. The Balaban J connectivity index is 2.34. The summed E-state index contributed by atoms with van der Waals surface area (Å²) in [6.45, 7) is 7.23. The summed E-state index contributed by atoms with van der Waals surface area (Å²) in [5.74, 6) is 0.279. The van der Waals surface area contributed by atoms with Crippen molar-refractivity contribution >= 4 is 11.3 Å². The predicted molar refractivity (Wildman–Crippen MR) is 76.0 cm³/mol. The van der Waals surface area contributed by atoms with E-state index in [9.17, 15) is 5.11 Å². The molecule has 0 aliphatic carbocycles. The number of aryl methyl sites for hydroxylation is 1. The van der Waals surface area contributed by atoms with Crippen LogP contribution >= 0.6 is 11.3 Å². The topological polar surface area (TPSA) is 45.1 Å². The quantitative estimate of drug-likeness (QED) is 0.886. The molecular formula is C14H18N2OS. The van der Waals surface area contributed by atoms with E-state index in [1.54, 1.807) is 23.5 Å². The van der Waals surface area contributed by atoms with Gasteiger partial charge in [0, 0.05) is 16.5 Å². The van der Waals surface area contributed by atoms with Crippen molar-refractivity contribution in [1.29, 1.82) is 0 Å². The van der Waals surface area contributed by atoms with Crippen molar-refractivity contribution in [2.45, 2.75) is 26.8 Å². The third kappa shape index (κ3) is 2.71. The summed E-state index contributed by atoms with van der Waals surface area (Å²) in [6.07, 6.45) is 0. The molecule has 96 valence electrons. The highest BCUT2D eigenvalue weighted by Crippen LogP contribution is 2.32. The second kappa shape index (κ2) is 5.50. The number of phenolic OH excluding ortho intramolecular Hbond substituents is 1. The van der Waals surface area contributed by atoms with Crippen LogP contribution in [0.2, 0.25) is 0 Å². The fourth-order valence-corrected chi connectivity index (χ4v) is 3.06. The highest BCUT2D eigenvalue weighted by molar-refractivity contribution is 7.15. The number of hydrogen-bond acceptors (Lipinski definition) is 4. The third-order valence-electron chi connectivity index (χ3n) is 2.83. The predicted octanol–water partition coefficient (Wildman–Crippen LogP) is 3.49. The van der Waals surface area contributed by atoms with Gasteiger partial charge in [0.2, 0.25) is 0 Å². The number of phenols is 1. The van der Waals surface area contributed by atoms with Crippen molar-refractivity contribution in [2.24, 2.45) is 0 Å². The number of hydrogen-bond donors (Lipinski definition) is 2. The molecule has 1 unspecified atom stereocenters. The lowest BCUT2D eigenvalue weighted by Gasteiger charge is -2.09. The van der Waals surface area contributed by atoms with Gasteiger partial charge in [-0.25, -0.2) is 4.98 Å². The molecule has 18 heavy (non-hydrogen) atoms. The molecule has 0 aliphatic heterocycles. The van der Waals surface area contributed by atoms with E-state index in [2.05, 4.69) is 24.1 Å². The Hall–Kier alpha value is -1.39. The van der Waals surface area contributed by atoms with E-state index in [4.69, 9.17) is 0 Å². The van der Waals surface area contributed by atoms with E-state index in [0.717, 1.165) is 22.8 Å². The molecule has 0 saturated heterocycles. The number of benzene rings is 1. The summed E-state index contributed by atoms with van der Waals surface area (Å²) in [6, 6.07) is 7.55. The lowest BCUT2D eigenvalue weighted by atomic mass is 10.2. The van der Waals surface area contributed by atoms with Crippen molar-refractivity contribution in [3.05, 3.63) is 34.8 Å². The fraction of sp³-hybridized carbons (Fsp3) is 0.357. The second-order valence-corrected chi connectivity index (χ2v) is 5.33. The van der Waals surface area contributed by atoms with Gasteiger partial charge in [-0.15, -0.1) is 11.3 Å². The van der Waals surface area contributed by atoms with Gasteiger partial charge in [-0.2, -0.15) is 0 Å². The maximum Gasteiger partial charge on any atom is 0.124 e. The molecular weight excluding hydrogens is 244 g/mol. The molecule has 2 N–H and O–H groups in total. The van der Waals surface area contributed by atoms with Crippen LogP contribution < -0.4 is 5.32 Å². The lowest BCUT2D eigenvalue weighted by Crippen LogP contribution is -2.17. The molecule has 1 heterocycles. The minimum absolute atomic E-state index is 0.279. The summed E-state index contributed by atoms with van der Waals surface area (Å²) in [5.41, 5.74) is 2.03. The molecule has 0 aliphatic rings. The SMILES string of the molecule is CCNC(C)c1sc(-c2cccc(O)c2)nc1C. The first kappa shape index (κ1) is 13.1. The monoisotopic (exact) mass is 262 g/mol. The maximum absolute atomic E-state index is 9.51. The summed E-state index contributed by atoms with van der Waals surface area (Å²) in [4.78, 5) is 5.85. The second-order valence-electron chi connectivity index (χ2n) is 4.30. The molecule has 0 amide bonds. The van der Waals surface area contributed by atoms with Gasteiger partial charge >= 0.3 is 0 Å². The van der Waals surface area contributed by atoms with Crippen molar-refractivity contribution < 1.29 is 5.11 Å². The van der Waals surface area contributed by atoms with E-state index in [-0.39, 0.29) is 5.75 Å². The molecule has 4 heteroatoms. The Labute approximate surface area is 112 Å². The van der Waals surface area contributed by atoms with E-state index >= 15 is 0 Å². The summed E-state index contributed by atoms with van der Waals surface area (Å²) >= 11 is 1.68. The van der Waals surface area contributed by atoms with Crippen molar-refractivity contribution in [3.8, 4) is 16.3 Å². The number of aromatic nitrogens is 1. The number of thiazole rings is 1. The van der Waals surface area contributed by atoms with Crippen LogP contribution in [0.3, 0.4) is 0 Å². The smallest absolute Gasteiger partial charge is 0.124 e. The largest absolute Gasteiger partial charge is 0.508 e. The van der Waals surface area contributed by atoms with Crippen molar-refractivity contribution in [3.63, 3.8) is 0 Å². The average Bonchev–Trinajstić information content (AvgIpc) is 2.72. The lowest BCUT2D eigenvalue weighted by molar-refractivity contribution is 0.475. The Kier molecular flexibility index (Phi) is 3.99. The van der Waals surface area contributed by atoms with Crippen LogP contribution in [-0.4, -0.2) is 16.6 Å². The molecule has 0 spiro atoms. The van der Waals surface area contributed by atoms with Gasteiger partial charge in [0.05, 0.1) is 5.69 Å². The highest BCUT2D eigenvalue weighted by atomic mass is 32.1. The van der Waals surface area contributed by atoms with Crippen LogP contribution in [0, 0.1) is 6.92 Å². The van der Waals surface area contributed by atoms with Gasteiger partial charge in [0.1, 0.15) is 10.8 Å². The Bertz CT molecular complexity index is 536. The van der Waals surface area contributed by atoms with Crippen LogP contribution in [0.4, 0.5) is 0 Å². The summed E-state index contributed by atoms with van der Waals surface area (Å²) < 4.78 is 0. The van der Waals surface area contributed by atoms with Crippen LogP contribution in [-0.2, 0) is 0 Å². The standard InChI is InChI=1S/C14H18N2OS/c1-4-15-9(2)13-10(3)16-14(18-13)11-6-5-7-12(17)8-11/h5-9,15,17H,4H2,1-3H3. The van der Waals surface area contributed by atoms with Gasteiger partial charge in [-0.05, 0) is 32.5 Å². The Morgan fingerprint density at radius 3 is 2.89 bits per heavy atom. The van der Waals surface area contributed by atoms with Crippen molar-refractivity contribution in [1.82, 2.24) is 10.3 Å². The first-order valence-corrected chi connectivity index (χ1v) is 6.93. The minimum Gasteiger partial charge on any atom is -0.508 e. The average molecular weight is 262 g/mol. The van der Waals surface area contributed by atoms with E-state index in [0.29, 0.717) is 6.04 Å². The molecule has 1 aromatic heterocycles. The Morgan fingerprint density at radius 2 is 2.22 bits per heavy atom. The molecule has 3 nitrogen and oxygen atoms in total. The van der Waals surface area contributed by atoms with Gasteiger partial charge in [-0.1, -0.05) is 19.1 Å². The van der Waals surface area contributed by atoms with Gasteiger partial charge < -0.3 is 10.4 Å². The maximum atomic E-state index is 9.51. The Morgan fingerprint density at radius 1 is 1.44 bits per heavy atom. The molecule has 0 fully saturated rings. The van der Waals surface area contributed by atoms with Crippen LogP contribution in [0.25, 0.3) is 10.6 Å². The van der Waals surface area contributed by atoms with Gasteiger partial charge in [0.15, 0.2) is 0 Å². The fourth-order valence-electron chi connectivity index (χ4n) is 1.97. The molecule has 1 atom stereocenters. The van der Waals surface area contributed by atoms with Crippen LogP contribution in [0.15, 0.2) is 24.3 Å². The molecule has 0 saturated carbocycles. The minimum atomic E-state index is 0.279. The zero-order chi connectivity index (χ0) is 13.1. The summed E-state index contributed by atoms with van der Waals surface area (Å²) in [7, 11) is 0. The van der Waals surface area contributed by atoms with E-state index in [1.807, 2.05) is 19.1 Å². The number of nitrogens with one attached hydrogen (secondary N) is 1. The number of nitrogens with zero attached hydrogens (tertiary/aromatic N) is 1. The van der Waals surface area contributed by atoms with E-state index < -0.39 is 0 Å². The zero-order valence-electron chi connectivity index (χ0n) is 10.9. The normalized spacial score (nSPS) is 12.6.